The van der Waals surface area contributed by atoms with Crippen LogP contribution in [0.15, 0.2) is 24.3 Å². The van der Waals surface area contributed by atoms with Gasteiger partial charge >= 0.3 is 0 Å². The van der Waals surface area contributed by atoms with Gasteiger partial charge < -0.3 is 15.4 Å². The Kier molecular flexibility index (Phi) is 7.49. The summed E-state index contributed by atoms with van der Waals surface area (Å²) in [5.41, 5.74) is 6.21. The summed E-state index contributed by atoms with van der Waals surface area (Å²) in [6, 6.07) is 6.87. The van der Waals surface area contributed by atoms with E-state index in [1.165, 1.54) is 0 Å². The molecular formula is C14H25N3O3S. The minimum absolute atomic E-state index is 0.0505. The van der Waals surface area contributed by atoms with Crippen molar-refractivity contribution in [3.63, 3.8) is 0 Å². The Bertz CT molecular complexity index is 501. The molecule has 0 aromatic heterocycles. The van der Waals surface area contributed by atoms with Gasteiger partial charge in [0.25, 0.3) is 0 Å². The van der Waals surface area contributed by atoms with E-state index in [0.29, 0.717) is 18.0 Å². The summed E-state index contributed by atoms with van der Waals surface area (Å²) < 4.78 is 31.5. The summed E-state index contributed by atoms with van der Waals surface area (Å²) in [6.07, 6.45) is 1.80. The van der Waals surface area contributed by atoms with Crippen molar-refractivity contribution < 1.29 is 13.2 Å². The van der Waals surface area contributed by atoms with Gasteiger partial charge in [-0.05, 0) is 57.7 Å². The second kappa shape index (κ2) is 8.86. The lowest BCUT2D eigenvalue weighted by Gasteiger charge is -2.10. The van der Waals surface area contributed by atoms with Crippen LogP contribution in [0.2, 0.25) is 0 Å². The third-order valence-corrected chi connectivity index (χ3v) is 4.20. The number of anilines is 1. The minimum atomic E-state index is -3.27. The van der Waals surface area contributed by atoms with Crippen LogP contribution in [-0.4, -0.2) is 52.9 Å². The number of benzene rings is 1. The molecule has 0 radical (unpaired) electrons. The van der Waals surface area contributed by atoms with E-state index in [9.17, 15) is 8.42 Å². The first kappa shape index (κ1) is 17.7. The molecule has 21 heavy (non-hydrogen) atoms. The van der Waals surface area contributed by atoms with Gasteiger partial charge in [-0.25, -0.2) is 13.1 Å². The number of hydrogen-bond donors (Lipinski definition) is 2. The lowest BCUT2D eigenvalue weighted by Crippen LogP contribution is -2.30. The standard InChI is InChI=1S/C14H25N3O3S/c1-17(2)10-4-3-9-16-21(18,19)12-11-20-14-7-5-13(15)6-8-14/h5-8,16H,3-4,9-12,15H2,1-2H3. The summed E-state index contributed by atoms with van der Waals surface area (Å²) >= 11 is 0. The summed E-state index contributed by atoms with van der Waals surface area (Å²) in [4.78, 5) is 2.08. The van der Waals surface area contributed by atoms with Gasteiger partial charge in [-0.15, -0.1) is 0 Å². The van der Waals surface area contributed by atoms with E-state index in [1.807, 2.05) is 14.1 Å². The second-order valence-electron chi connectivity index (χ2n) is 5.14. The monoisotopic (exact) mass is 315 g/mol. The second-order valence-corrected chi connectivity index (χ2v) is 7.07. The van der Waals surface area contributed by atoms with E-state index in [-0.39, 0.29) is 12.4 Å². The van der Waals surface area contributed by atoms with Gasteiger partial charge in [-0.1, -0.05) is 0 Å². The molecule has 120 valence electrons. The van der Waals surface area contributed by atoms with E-state index < -0.39 is 10.0 Å². The number of unbranched alkanes of at least 4 members (excludes halogenated alkanes) is 1. The molecule has 0 atom stereocenters. The maximum absolute atomic E-state index is 11.8. The smallest absolute Gasteiger partial charge is 0.214 e. The summed E-state index contributed by atoms with van der Waals surface area (Å²) in [5, 5.41) is 0. The fraction of sp³-hybridized carbons (Fsp3) is 0.571. The lowest BCUT2D eigenvalue weighted by atomic mass is 10.3. The first-order valence-electron chi connectivity index (χ1n) is 6.99. The maximum Gasteiger partial charge on any atom is 0.214 e. The van der Waals surface area contributed by atoms with Crippen LogP contribution in [0.5, 0.6) is 5.75 Å². The number of nitrogens with one attached hydrogen (secondary N) is 1. The van der Waals surface area contributed by atoms with Gasteiger partial charge in [0.2, 0.25) is 10.0 Å². The fourth-order valence-corrected chi connectivity index (χ4v) is 2.59. The van der Waals surface area contributed by atoms with E-state index in [4.69, 9.17) is 10.5 Å². The molecule has 3 N–H and O–H groups in total. The number of rotatable bonds is 10. The van der Waals surface area contributed by atoms with E-state index in [2.05, 4.69) is 9.62 Å². The summed E-state index contributed by atoms with van der Waals surface area (Å²) in [7, 11) is 0.724. The molecule has 0 aliphatic carbocycles. The Morgan fingerprint density at radius 1 is 1.19 bits per heavy atom. The Hall–Kier alpha value is -1.31. The molecule has 1 aromatic carbocycles. The number of ether oxygens (including phenoxy) is 1. The van der Waals surface area contributed by atoms with Crippen molar-refractivity contribution in [2.45, 2.75) is 12.8 Å². The van der Waals surface area contributed by atoms with E-state index in [1.54, 1.807) is 24.3 Å². The average Bonchev–Trinajstić information content (AvgIpc) is 2.40. The van der Waals surface area contributed by atoms with E-state index >= 15 is 0 Å². The molecule has 0 aliphatic heterocycles. The van der Waals surface area contributed by atoms with Crippen molar-refractivity contribution in [1.29, 1.82) is 0 Å². The topological polar surface area (TPSA) is 84.7 Å². The molecule has 7 heteroatoms. The molecule has 1 rings (SSSR count). The van der Waals surface area contributed by atoms with Crippen molar-refractivity contribution in [3.8, 4) is 5.75 Å². The van der Waals surface area contributed by atoms with Crippen LogP contribution in [0, 0.1) is 0 Å². The number of hydrogen-bond acceptors (Lipinski definition) is 5. The molecule has 0 aliphatic rings. The van der Waals surface area contributed by atoms with Crippen molar-refractivity contribution in [2.24, 2.45) is 0 Å². The Morgan fingerprint density at radius 3 is 2.48 bits per heavy atom. The van der Waals surface area contributed by atoms with Gasteiger partial charge in [0, 0.05) is 12.2 Å². The van der Waals surface area contributed by atoms with Gasteiger partial charge in [0.15, 0.2) is 0 Å². The SMILES string of the molecule is CN(C)CCCCNS(=O)(=O)CCOc1ccc(N)cc1. The third-order valence-electron chi connectivity index (χ3n) is 2.85. The molecule has 6 nitrogen and oxygen atoms in total. The van der Waals surface area contributed by atoms with Crippen LogP contribution in [0.4, 0.5) is 5.69 Å². The van der Waals surface area contributed by atoms with Crippen molar-refractivity contribution in [3.05, 3.63) is 24.3 Å². The van der Waals surface area contributed by atoms with Crippen LogP contribution in [0.25, 0.3) is 0 Å². The van der Waals surface area contributed by atoms with Crippen molar-refractivity contribution in [1.82, 2.24) is 9.62 Å². The third kappa shape index (κ3) is 8.54. The first-order chi connectivity index (χ1) is 9.89. The van der Waals surface area contributed by atoms with Gasteiger partial charge in [0.05, 0.1) is 5.75 Å². The zero-order valence-corrected chi connectivity index (χ0v) is 13.5. The largest absolute Gasteiger partial charge is 0.492 e. The molecule has 0 amide bonds. The zero-order chi connectivity index (χ0) is 15.7. The molecule has 0 heterocycles. The van der Waals surface area contributed by atoms with Gasteiger partial charge in [0.1, 0.15) is 12.4 Å². The van der Waals surface area contributed by atoms with Gasteiger partial charge in [-0.2, -0.15) is 0 Å². The van der Waals surface area contributed by atoms with Crippen molar-refractivity contribution in [2.75, 3.05) is 45.3 Å². The van der Waals surface area contributed by atoms with Crippen LogP contribution in [0.3, 0.4) is 0 Å². The Labute approximate surface area is 127 Å². The molecule has 0 saturated carbocycles. The highest BCUT2D eigenvalue weighted by Crippen LogP contribution is 2.12. The number of nitrogen functional groups attached to an aromatic ring is 1. The number of nitrogens with two attached hydrogens (primary N) is 1. The molecule has 0 unspecified atom stereocenters. The first-order valence-corrected chi connectivity index (χ1v) is 8.65. The number of sulfonamides is 1. The lowest BCUT2D eigenvalue weighted by molar-refractivity contribution is 0.340. The molecule has 0 saturated heterocycles. The zero-order valence-electron chi connectivity index (χ0n) is 12.7. The normalized spacial score (nSPS) is 11.8. The highest BCUT2D eigenvalue weighted by atomic mass is 32.2. The molecule has 0 bridgehead atoms. The molecular weight excluding hydrogens is 290 g/mol. The highest BCUT2D eigenvalue weighted by molar-refractivity contribution is 7.89. The van der Waals surface area contributed by atoms with Crippen LogP contribution < -0.4 is 15.2 Å². The highest BCUT2D eigenvalue weighted by Gasteiger charge is 2.09. The van der Waals surface area contributed by atoms with Gasteiger partial charge in [-0.3, -0.25) is 0 Å². The van der Waals surface area contributed by atoms with Crippen LogP contribution in [-0.2, 0) is 10.0 Å². The summed E-state index contributed by atoms with van der Waals surface area (Å²) in [6.45, 7) is 1.55. The summed E-state index contributed by atoms with van der Waals surface area (Å²) in [5.74, 6) is 0.566. The van der Waals surface area contributed by atoms with Crippen LogP contribution >= 0.6 is 0 Å². The predicted molar refractivity (Wildman–Crippen MR) is 85.9 cm³/mol. The predicted octanol–water partition coefficient (Wildman–Crippen LogP) is 0.909. The van der Waals surface area contributed by atoms with E-state index in [0.717, 1.165) is 19.4 Å². The Morgan fingerprint density at radius 2 is 1.86 bits per heavy atom. The fourth-order valence-electron chi connectivity index (χ4n) is 1.69. The Balaban J connectivity index is 2.19. The van der Waals surface area contributed by atoms with Crippen molar-refractivity contribution >= 4 is 15.7 Å². The average molecular weight is 315 g/mol. The van der Waals surface area contributed by atoms with Crippen LogP contribution in [0.1, 0.15) is 12.8 Å². The number of nitrogens with zero attached hydrogens (tertiary/aromatic N) is 1. The molecule has 1 aromatic rings. The minimum Gasteiger partial charge on any atom is -0.492 e. The maximum atomic E-state index is 11.8. The molecule has 0 spiro atoms. The quantitative estimate of drug-likeness (QED) is 0.495. The molecule has 0 fully saturated rings.